The van der Waals surface area contributed by atoms with E-state index >= 15 is 0 Å². The highest BCUT2D eigenvalue weighted by Crippen LogP contribution is 2.19. The number of aryl methyl sites for hydroxylation is 2. The number of aromatic amines is 1. The molecule has 1 aromatic heterocycles. The van der Waals surface area contributed by atoms with E-state index in [2.05, 4.69) is 14.9 Å². The lowest BCUT2D eigenvalue weighted by molar-refractivity contribution is 0.0520. The van der Waals surface area contributed by atoms with Crippen molar-refractivity contribution in [1.82, 2.24) is 14.9 Å². The second-order valence-electron chi connectivity index (χ2n) is 5.27. The minimum absolute atomic E-state index is 0.0317. The smallest absolute Gasteiger partial charge is 0.343 e. The molecule has 0 aliphatic rings. The van der Waals surface area contributed by atoms with E-state index in [1.807, 2.05) is 31.2 Å². The third-order valence-electron chi connectivity index (χ3n) is 3.48. The van der Waals surface area contributed by atoms with Gasteiger partial charge in [0, 0.05) is 6.54 Å². The number of carbonyl (C=O) groups is 1. The van der Waals surface area contributed by atoms with Gasteiger partial charge in [-0.2, -0.15) is 5.10 Å². The van der Waals surface area contributed by atoms with Gasteiger partial charge in [0.15, 0.2) is 0 Å². The molecular weight excluding hydrogens is 330 g/mol. The second-order valence-corrected chi connectivity index (χ2v) is 6.95. The van der Waals surface area contributed by atoms with Crippen LogP contribution in [0.15, 0.2) is 29.3 Å². The van der Waals surface area contributed by atoms with Crippen molar-refractivity contribution in [3.05, 3.63) is 46.6 Å². The SMILES string of the molecule is CCOC(=O)c1c(S(=O)(=O)NCc2ccc(C)cc2)n[nH]c1CC. The molecule has 0 radical (unpaired) electrons. The first-order valence-corrected chi connectivity index (χ1v) is 9.17. The highest BCUT2D eigenvalue weighted by molar-refractivity contribution is 7.89. The molecule has 0 fully saturated rings. The number of hydrogen-bond acceptors (Lipinski definition) is 5. The summed E-state index contributed by atoms with van der Waals surface area (Å²) in [7, 11) is -3.95. The van der Waals surface area contributed by atoms with Crippen LogP contribution in [0, 0.1) is 6.92 Å². The van der Waals surface area contributed by atoms with Gasteiger partial charge in [-0.1, -0.05) is 36.8 Å². The molecule has 2 aromatic rings. The summed E-state index contributed by atoms with van der Waals surface area (Å²) in [6, 6.07) is 7.48. The molecule has 0 bridgehead atoms. The number of rotatable bonds is 7. The minimum Gasteiger partial charge on any atom is -0.462 e. The fraction of sp³-hybridized carbons (Fsp3) is 0.375. The molecule has 0 aliphatic carbocycles. The number of nitrogens with zero attached hydrogens (tertiary/aromatic N) is 1. The molecule has 8 heteroatoms. The van der Waals surface area contributed by atoms with Crippen molar-refractivity contribution in [3.8, 4) is 0 Å². The Labute approximate surface area is 141 Å². The van der Waals surface area contributed by atoms with Crippen molar-refractivity contribution in [2.45, 2.75) is 38.8 Å². The van der Waals surface area contributed by atoms with Gasteiger partial charge in [0.05, 0.1) is 12.3 Å². The van der Waals surface area contributed by atoms with Crippen molar-refractivity contribution in [2.75, 3.05) is 6.61 Å². The van der Waals surface area contributed by atoms with E-state index in [-0.39, 0.29) is 23.7 Å². The molecule has 0 amide bonds. The van der Waals surface area contributed by atoms with Crippen molar-refractivity contribution in [1.29, 1.82) is 0 Å². The van der Waals surface area contributed by atoms with Crippen LogP contribution in [-0.4, -0.2) is 31.2 Å². The predicted octanol–water partition coefficient (Wildman–Crippen LogP) is 1.94. The number of benzene rings is 1. The Kier molecular flexibility index (Phi) is 5.74. The highest BCUT2D eigenvalue weighted by Gasteiger charge is 2.29. The summed E-state index contributed by atoms with van der Waals surface area (Å²) < 4.78 is 32.5. The van der Waals surface area contributed by atoms with E-state index in [0.29, 0.717) is 12.1 Å². The van der Waals surface area contributed by atoms with Gasteiger partial charge >= 0.3 is 5.97 Å². The lowest BCUT2D eigenvalue weighted by Gasteiger charge is -2.07. The van der Waals surface area contributed by atoms with Crippen LogP contribution in [0.3, 0.4) is 0 Å². The van der Waals surface area contributed by atoms with Gasteiger partial charge in [-0.15, -0.1) is 0 Å². The van der Waals surface area contributed by atoms with Crippen LogP contribution < -0.4 is 4.72 Å². The topological polar surface area (TPSA) is 101 Å². The van der Waals surface area contributed by atoms with Crippen molar-refractivity contribution >= 4 is 16.0 Å². The molecule has 7 nitrogen and oxygen atoms in total. The lowest BCUT2D eigenvalue weighted by Crippen LogP contribution is -2.25. The molecule has 0 unspecified atom stereocenters. The maximum Gasteiger partial charge on any atom is 0.343 e. The van der Waals surface area contributed by atoms with Gasteiger partial charge in [0.2, 0.25) is 5.03 Å². The Morgan fingerprint density at radius 2 is 1.92 bits per heavy atom. The molecule has 130 valence electrons. The van der Waals surface area contributed by atoms with Crippen molar-refractivity contribution in [2.24, 2.45) is 0 Å². The molecule has 0 saturated heterocycles. The number of nitrogens with one attached hydrogen (secondary N) is 2. The average Bonchev–Trinajstić information content (AvgIpc) is 2.99. The Hall–Kier alpha value is -2.19. The molecule has 2 N–H and O–H groups in total. The molecule has 0 aliphatic heterocycles. The van der Waals surface area contributed by atoms with Crippen LogP contribution in [0.4, 0.5) is 0 Å². The monoisotopic (exact) mass is 351 g/mol. The van der Waals surface area contributed by atoms with E-state index < -0.39 is 16.0 Å². The van der Waals surface area contributed by atoms with Crippen LogP contribution in [0.1, 0.15) is 41.0 Å². The quantitative estimate of drug-likeness (QED) is 0.742. The van der Waals surface area contributed by atoms with Gasteiger partial charge in [0.1, 0.15) is 5.56 Å². The van der Waals surface area contributed by atoms with E-state index in [1.54, 1.807) is 13.8 Å². The van der Waals surface area contributed by atoms with E-state index in [4.69, 9.17) is 4.74 Å². The minimum atomic E-state index is -3.95. The van der Waals surface area contributed by atoms with E-state index in [9.17, 15) is 13.2 Å². The fourth-order valence-electron chi connectivity index (χ4n) is 2.18. The zero-order chi connectivity index (χ0) is 17.7. The summed E-state index contributed by atoms with van der Waals surface area (Å²) in [4.78, 5) is 12.1. The first kappa shape index (κ1) is 18.2. The van der Waals surface area contributed by atoms with Gasteiger partial charge < -0.3 is 4.74 Å². The predicted molar refractivity (Wildman–Crippen MR) is 89.1 cm³/mol. The van der Waals surface area contributed by atoms with Crippen LogP contribution >= 0.6 is 0 Å². The van der Waals surface area contributed by atoms with Crippen LogP contribution in [0.5, 0.6) is 0 Å². The third kappa shape index (κ3) is 4.01. The Balaban J connectivity index is 2.27. The first-order valence-electron chi connectivity index (χ1n) is 7.68. The van der Waals surface area contributed by atoms with Gasteiger partial charge in [-0.05, 0) is 25.8 Å². The molecule has 1 aromatic carbocycles. The zero-order valence-electron chi connectivity index (χ0n) is 13.9. The Bertz CT molecular complexity index is 810. The fourth-order valence-corrected chi connectivity index (χ4v) is 3.31. The number of aromatic nitrogens is 2. The summed E-state index contributed by atoms with van der Waals surface area (Å²) in [5.74, 6) is -0.696. The number of esters is 1. The summed E-state index contributed by atoms with van der Waals surface area (Å²) >= 11 is 0. The molecular formula is C16H21N3O4S. The van der Waals surface area contributed by atoms with Crippen molar-refractivity contribution in [3.63, 3.8) is 0 Å². The Morgan fingerprint density at radius 1 is 1.25 bits per heavy atom. The standard InChI is InChI=1S/C16H21N3O4S/c1-4-13-14(16(20)23-5-2)15(19-18-13)24(21,22)17-10-12-8-6-11(3)7-9-12/h6-9,17H,4-5,10H2,1-3H3,(H,18,19). The average molecular weight is 351 g/mol. The third-order valence-corrected chi connectivity index (χ3v) is 4.81. The summed E-state index contributed by atoms with van der Waals surface area (Å²) in [6.07, 6.45) is 0.439. The molecule has 2 rings (SSSR count). The number of carbonyl (C=O) groups excluding carboxylic acids is 1. The highest BCUT2D eigenvalue weighted by atomic mass is 32.2. The molecule has 1 heterocycles. The lowest BCUT2D eigenvalue weighted by atomic mass is 10.2. The maximum atomic E-state index is 12.5. The molecule has 0 spiro atoms. The summed E-state index contributed by atoms with van der Waals surface area (Å²) in [5.41, 5.74) is 2.30. The largest absolute Gasteiger partial charge is 0.462 e. The zero-order valence-corrected chi connectivity index (χ0v) is 14.7. The number of H-pyrrole nitrogens is 1. The summed E-state index contributed by atoms with van der Waals surface area (Å²) in [5, 5.41) is 6.09. The summed E-state index contributed by atoms with van der Waals surface area (Å²) in [6.45, 7) is 5.68. The van der Waals surface area contributed by atoms with Crippen molar-refractivity contribution < 1.29 is 17.9 Å². The van der Waals surface area contributed by atoms with E-state index in [0.717, 1.165) is 11.1 Å². The maximum absolute atomic E-state index is 12.5. The Morgan fingerprint density at radius 3 is 2.50 bits per heavy atom. The molecule has 24 heavy (non-hydrogen) atoms. The van der Waals surface area contributed by atoms with Crippen LogP contribution in [0.25, 0.3) is 0 Å². The first-order chi connectivity index (χ1) is 11.4. The van der Waals surface area contributed by atoms with E-state index in [1.165, 1.54) is 0 Å². The van der Waals surface area contributed by atoms with Crippen LogP contribution in [-0.2, 0) is 27.7 Å². The van der Waals surface area contributed by atoms with Gasteiger partial charge in [-0.25, -0.2) is 17.9 Å². The molecule has 0 atom stereocenters. The normalized spacial score (nSPS) is 11.5. The number of hydrogen-bond donors (Lipinski definition) is 2. The number of ether oxygens (including phenoxy) is 1. The second kappa shape index (κ2) is 7.59. The van der Waals surface area contributed by atoms with Gasteiger partial charge in [0.25, 0.3) is 10.0 Å². The molecule has 0 saturated carbocycles. The number of sulfonamides is 1. The van der Waals surface area contributed by atoms with Gasteiger partial charge in [-0.3, -0.25) is 5.10 Å². The van der Waals surface area contributed by atoms with Crippen LogP contribution in [0.2, 0.25) is 0 Å².